The topological polar surface area (TPSA) is 49.4 Å². The van der Waals surface area contributed by atoms with E-state index in [0.29, 0.717) is 25.8 Å². The summed E-state index contributed by atoms with van der Waals surface area (Å²) in [5, 5.41) is 2.71. The van der Waals surface area contributed by atoms with Crippen LogP contribution < -0.4 is 10.2 Å². The van der Waals surface area contributed by atoms with Gasteiger partial charge in [-0.05, 0) is 37.8 Å². The van der Waals surface area contributed by atoms with E-state index in [1.54, 1.807) is 4.90 Å². The van der Waals surface area contributed by atoms with Crippen LogP contribution in [0, 0.1) is 5.92 Å². The van der Waals surface area contributed by atoms with Crippen molar-refractivity contribution >= 4 is 17.5 Å². The number of carbonyl (C=O) groups excluding carboxylic acids is 2. The van der Waals surface area contributed by atoms with Gasteiger partial charge in [0.25, 0.3) is 0 Å². The number of carbonyl (C=O) groups is 2. The van der Waals surface area contributed by atoms with E-state index in [1.807, 2.05) is 30.3 Å². The van der Waals surface area contributed by atoms with Crippen LogP contribution in [0.4, 0.5) is 14.5 Å². The number of nitrogens with one attached hydrogen (secondary N) is 1. The van der Waals surface area contributed by atoms with Crippen LogP contribution in [0.15, 0.2) is 30.3 Å². The Morgan fingerprint density at radius 3 is 2.62 bits per heavy atom. The molecule has 0 radical (unpaired) electrons. The summed E-state index contributed by atoms with van der Waals surface area (Å²) in [7, 11) is 0. The Kier molecular flexibility index (Phi) is 4.83. The van der Waals surface area contributed by atoms with Gasteiger partial charge in [0.1, 0.15) is 6.04 Å². The zero-order valence-electron chi connectivity index (χ0n) is 13.5. The molecule has 0 aromatic heterocycles. The Morgan fingerprint density at radius 1 is 1.17 bits per heavy atom. The summed E-state index contributed by atoms with van der Waals surface area (Å²) in [6.45, 7) is 0.608. The van der Waals surface area contributed by atoms with Crippen molar-refractivity contribution in [2.75, 3.05) is 11.4 Å². The summed E-state index contributed by atoms with van der Waals surface area (Å²) < 4.78 is 27.0. The number of halogens is 2. The van der Waals surface area contributed by atoms with Crippen LogP contribution in [-0.4, -0.2) is 30.3 Å². The van der Waals surface area contributed by atoms with Crippen LogP contribution in [0.5, 0.6) is 0 Å². The molecule has 0 spiro atoms. The second kappa shape index (κ2) is 6.87. The Hall–Kier alpha value is -1.98. The molecule has 0 unspecified atom stereocenters. The standard InChI is InChI=1S/C18H22F2N2O2/c19-18(20)10-4-6-13(12-18)16(23)21-15-9-5-11-22(17(15)24)14-7-2-1-3-8-14/h1-3,7-8,13,15H,4-6,9-12H2,(H,21,23)/t13-,15-/m0/s1. The first-order valence-corrected chi connectivity index (χ1v) is 8.51. The monoisotopic (exact) mass is 336 g/mol. The third kappa shape index (κ3) is 3.74. The molecular weight excluding hydrogens is 314 g/mol. The fourth-order valence-electron chi connectivity index (χ4n) is 3.56. The fourth-order valence-corrected chi connectivity index (χ4v) is 3.56. The highest BCUT2D eigenvalue weighted by atomic mass is 19.3. The molecule has 1 saturated heterocycles. The van der Waals surface area contributed by atoms with Gasteiger partial charge in [-0.1, -0.05) is 18.2 Å². The molecule has 6 heteroatoms. The Bertz CT molecular complexity index is 606. The lowest BCUT2D eigenvalue weighted by atomic mass is 9.85. The molecule has 1 aromatic rings. The molecule has 2 aliphatic rings. The van der Waals surface area contributed by atoms with E-state index in [0.717, 1.165) is 12.1 Å². The number of anilines is 1. The highest BCUT2D eigenvalue weighted by molar-refractivity contribution is 6.00. The van der Waals surface area contributed by atoms with Crippen LogP contribution >= 0.6 is 0 Å². The number of amides is 2. The predicted molar refractivity (Wildman–Crippen MR) is 86.9 cm³/mol. The lowest BCUT2D eigenvalue weighted by molar-refractivity contribution is -0.135. The zero-order chi connectivity index (χ0) is 17.2. The number of hydrogen-bond acceptors (Lipinski definition) is 2. The van der Waals surface area contributed by atoms with Gasteiger partial charge in [0.05, 0.1) is 0 Å². The average molecular weight is 336 g/mol. The molecule has 1 N–H and O–H groups in total. The van der Waals surface area contributed by atoms with Crippen molar-refractivity contribution in [3.8, 4) is 0 Å². The summed E-state index contributed by atoms with van der Waals surface area (Å²) in [6, 6.07) is 8.67. The van der Waals surface area contributed by atoms with E-state index in [4.69, 9.17) is 0 Å². The Morgan fingerprint density at radius 2 is 1.92 bits per heavy atom. The van der Waals surface area contributed by atoms with Crippen molar-refractivity contribution in [3.05, 3.63) is 30.3 Å². The van der Waals surface area contributed by atoms with Gasteiger partial charge in [-0.2, -0.15) is 0 Å². The van der Waals surface area contributed by atoms with Crippen molar-refractivity contribution < 1.29 is 18.4 Å². The van der Waals surface area contributed by atoms with Crippen LogP contribution in [0.3, 0.4) is 0 Å². The van der Waals surface area contributed by atoms with Crippen LogP contribution in [0.1, 0.15) is 38.5 Å². The number of piperidine rings is 1. The number of rotatable bonds is 3. The number of nitrogens with zero attached hydrogens (tertiary/aromatic N) is 1. The molecule has 0 bridgehead atoms. The SMILES string of the molecule is O=C(N[C@H]1CCCN(c2ccccc2)C1=O)[C@H]1CCCC(F)(F)C1. The number of benzene rings is 1. The molecule has 1 saturated carbocycles. The van der Waals surface area contributed by atoms with Crippen molar-refractivity contribution in [3.63, 3.8) is 0 Å². The number of alkyl halides is 2. The van der Waals surface area contributed by atoms with E-state index in [9.17, 15) is 18.4 Å². The second-order valence-electron chi connectivity index (χ2n) is 6.68. The van der Waals surface area contributed by atoms with Gasteiger partial charge in [0.15, 0.2) is 0 Å². The maximum absolute atomic E-state index is 13.5. The van der Waals surface area contributed by atoms with Crippen molar-refractivity contribution in [1.29, 1.82) is 0 Å². The van der Waals surface area contributed by atoms with Crippen molar-refractivity contribution in [2.24, 2.45) is 5.92 Å². The molecule has 3 rings (SSSR count). The molecule has 2 fully saturated rings. The largest absolute Gasteiger partial charge is 0.344 e. The maximum Gasteiger partial charge on any atom is 0.249 e. The van der Waals surface area contributed by atoms with Gasteiger partial charge in [0, 0.05) is 31.0 Å². The number of hydrogen-bond donors (Lipinski definition) is 1. The molecule has 1 aliphatic carbocycles. The molecule has 4 nitrogen and oxygen atoms in total. The molecule has 1 heterocycles. The van der Waals surface area contributed by atoms with Gasteiger partial charge in [0.2, 0.25) is 17.7 Å². The minimum Gasteiger partial charge on any atom is -0.344 e. The third-order valence-electron chi connectivity index (χ3n) is 4.83. The highest BCUT2D eigenvalue weighted by Gasteiger charge is 2.40. The first-order valence-electron chi connectivity index (χ1n) is 8.51. The maximum atomic E-state index is 13.5. The summed E-state index contributed by atoms with van der Waals surface area (Å²) >= 11 is 0. The second-order valence-corrected chi connectivity index (χ2v) is 6.68. The zero-order valence-corrected chi connectivity index (χ0v) is 13.5. The number of para-hydroxylation sites is 1. The van der Waals surface area contributed by atoms with E-state index < -0.39 is 30.2 Å². The van der Waals surface area contributed by atoms with Gasteiger partial charge >= 0.3 is 0 Å². The van der Waals surface area contributed by atoms with Gasteiger partial charge in [-0.25, -0.2) is 8.78 Å². The highest BCUT2D eigenvalue weighted by Crippen LogP contribution is 2.36. The molecule has 2 amide bonds. The summed E-state index contributed by atoms with van der Waals surface area (Å²) in [5.74, 6) is -4.05. The smallest absolute Gasteiger partial charge is 0.249 e. The predicted octanol–water partition coefficient (Wildman–Crippen LogP) is 3.12. The van der Waals surface area contributed by atoms with Crippen molar-refractivity contribution in [1.82, 2.24) is 5.32 Å². The average Bonchev–Trinajstić information content (AvgIpc) is 2.56. The lowest BCUT2D eigenvalue weighted by Gasteiger charge is -2.34. The Labute approximate surface area is 140 Å². The first-order chi connectivity index (χ1) is 11.5. The molecule has 130 valence electrons. The summed E-state index contributed by atoms with van der Waals surface area (Å²) in [4.78, 5) is 26.6. The van der Waals surface area contributed by atoms with Gasteiger partial charge < -0.3 is 10.2 Å². The normalized spacial score (nSPS) is 26.9. The van der Waals surface area contributed by atoms with Crippen LogP contribution in [0.25, 0.3) is 0 Å². The van der Waals surface area contributed by atoms with E-state index in [-0.39, 0.29) is 12.3 Å². The summed E-state index contributed by atoms with van der Waals surface area (Å²) in [6.07, 6.45) is 1.57. The molecule has 1 aromatic carbocycles. The third-order valence-corrected chi connectivity index (χ3v) is 4.83. The van der Waals surface area contributed by atoms with Crippen molar-refractivity contribution in [2.45, 2.75) is 50.5 Å². The first kappa shape index (κ1) is 16.9. The Balaban J connectivity index is 1.64. The van der Waals surface area contributed by atoms with E-state index >= 15 is 0 Å². The quantitative estimate of drug-likeness (QED) is 0.922. The van der Waals surface area contributed by atoms with E-state index in [2.05, 4.69) is 5.32 Å². The molecule has 2 atom stereocenters. The van der Waals surface area contributed by atoms with Gasteiger partial charge in [-0.3, -0.25) is 9.59 Å². The molecule has 24 heavy (non-hydrogen) atoms. The minimum atomic E-state index is -2.77. The summed E-state index contributed by atoms with van der Waals surface area (Å²) in [5.41, 5.74) is 0.797. The lowest BCUT2D eigenvalue weighted by Crippen LogP contribution is -2.54. The minimum absolute atomic E-state index is 0.152. The molecule has 1 aliphatic heterocycles. The fraction of sp³-hybridized carbons (Fsp3) is 0.556. The molecular formula is C18H22F2N2O2. The van der Waals surface area contributed by atoms with Gasteiger partial charge in [-0.15, -0.1) is 0 Å². The van der Waals surface area contributed by atoms with Crippen LogP contribution in [0.2, 0.25) is 0 Å². The van der Waals surface area contributed by atoms with E-state index in [1.165, 1.54) is 0 Å². The van der Waals surface area contributed by atoms with Crippen LogP contribution in [-0.2, 0) is 9.59 Å².